The van der Waals surface area contributed by atoms with E-state index in [9.17, 15) is 4.79 Å². The summed E-state index contributed by atoms with van der Waals surface area (Å²) in [5.74, 6) is 1.94. The van der Waals surface area contributed by atoms with Crippen molar-refractivity contribution >= 4 is 11.7 Å². The first-order valence-corrected chi connectivity index (χ1v) is 8.97. The Bertz CT molecular complexity index is 973. The first kappa shape index (κ1) is 17.1. The Morgan fingerprint density at radius 1 is 1.11 bits per heavy atom. The van der Waals surface area contributed by atoms with E-state index in [1.165, 1.54) is 0 Å². The van der Waals surface area contributed by atoms with Gasteiger partial charge in [0.1, 0.15) is 23.2 Å². The van der Waals surface area contributed by atoms with Crippen LogP contribution in [-0.4, -0.2) is 38.9 Å². The molecule has 3 aromatic rings. The lowest BCUT2D eigenvalue weighted by Gasteiger charge is -2.19. The fourth-order valence-corrected chi connectivity index (χ4v) is 3.13. The molecule has 2 aromatic heterocycles. The minimum Gasteiger partial charge on any atom is -0.369 e. The lowest BCUT2D eigenvalue weighted by atomic mass is 10.1. The standard InChI is InChI=1S/C20H20N6O/c1-13-24-18-15(7-10-23-20(18)27)19(25-13)22-12-9-17-21-11-8-16(26-17)14-5-3-2-4-6-14/h2-6,8,11H,7,9-10,12H2,1H3,(H,23,27)(H,22,24,25). The summed E-state index contributed by atoms with van der Waals surface area (Å²) >= 11 is 0. The average Bonchev–Trinajstić information content (AvgIpc) is 2.70. The number of benzene rings is 1. The quantitative estimate of drug-likeness (QED) is 0.724. The van der Waals surface area contributed by atoms with E-state index in [-0.39, 0.29) is 5.91 Å². The van der Waals surface area contributed by atoms with Crippen molar-refractivity contribution in [3.05, 3.63) is 65.5 Å². The Morgan fingerprint density at radius 2 is 1.96 bits per heavy atom. The van der Waals surface area contributed by atoms with E-state index in [0.717, 1.165) is 34.9 Å². The molecule has 0 saturated heterocycles. The van der Waals surface area contributed by atoms with Crippen molar-refractivity contribution in [3.8, 4) is 11.3 Å². The Balaban J connectivity index is 1.47. The molecule has 1 aromatic carbocycles. The Kier molecular flexibility index (Phi) is 4.74. The molecule has 1 aliphatic rings. The number of carbonyl (C=O) groups is 1. The number of rotatable bonds is 5. The van der Waals surface area contributed by atoms with Crippen LogP contribution in [0.15, 0.2) is 42.6 Å². The van der Waals surface area contributed by atoms with Gasteiger partial charge in [0.15, 0.2) is 0 Å². The number of aryl methyl sites for hydroxylation is 1. The molecule has 3 heterocycles. The third-order valence-electron chi connectivity index (χ3n) is 4.41. The summed E-state index contributed by atoms with van der Waals surface area (Å²) in [6.45, 7) is 3.03. The molecule has 0 atom stereocenters. The Labute approximate surface area is 157 Å². The summed E-state index contributed by atoms with van der Waals surface area (Å²) in [4.78, 5) is 29.8. The van der Waals surface area contributed by atoms with Crippen molar-refractivity contribution in [1.82, 2.24) is 25.3 Å². The van der Waals surface area contributed by atoms with E-state index < -0.39 is 0 Å². The van der Waals surface area contributed by atoms with Crippen molar-refractivity contribution in [2.75, 3.05) is 18.4 Å². The lowest BCUT2D eigenvalue weighted by Crippen LogP contribution is -2.34. The molecular formula is C20H20N6O. The zero-order valence-corrected chi connectivity index (χ0v) is 15.1. The minimum absolute atomic E-state index is 0.135. The van der Waals surface area contributed by atoms with Crippen LogP contribution in [-0.2, 0) is 12.8 Å². The zero-order chi connectivity index (χ0) is 18.6. The topological polar surface area (TPSA) is 92.7 Å². The van der Waals surface area contributed by atoms with E-state index >= 15 is 0 Å². The van der Waals surface area contributed by atoms with Gasteiger partial charge in [-0.25, -0.2) is 19.9 Å². The van der Waals surface area contributed by atoms with Gasteiger partial charge in [-0.15, -0.1) is 0 Å². The van der Waals surface area contributed by atoms with Gasteiger partial charge in [0.2, 0.25) is 0 Å². The summed E-state index contributed by atoms with van der Waals surface area (Å²) in [7, 11) is 0. The number of hydrogen-bond donors (Lipinski definition) is 2. The zero-order valence-electron chi connectivity index (χ0n) is 15.1. The van der Waals surface area contributed by atoms with Crippen LogP contribution in [0.25, 0.3) is 11.3 Å². The van der Waals surface area contributed by atoms with Gasteiger partial charge in [0.05, 0.1) is 5.69 Å². The summed E-state index contributed by atoms with van der Waals surface area (Å²) < 4.78 is 0. The maximum atomic E-state index is 12.0. The van der Waals surface area contributed by atoms with Crippen LogP contribution in [0.1, 0.15) is 27.7 Å². The molecule has 27 heavy (non-hydrogen) atoms. The molecule has 0 spiro atoms. The third-order valence-corrected chi connectivity index (χ3v) is 4.41. The highest BCUT2D eigenvalue weighted by atomic mass is 16.1. The van der Waals surface area contributed by atoms with Crippen molar-refractivity contribution < 1.29 is 4.79 Å². The molecule has 7 heteroatoms. The number of fused-ring (bicyclic) bond motifs is 1. The molecule has 0 fully saturated rings. The van der Waals surface area contributed by atoms with E-state index in [1.54, 1.807) is 13.1 Å². The van der Waals surface area contributed by atoms with Gasteiger partial charge in [-0.2, -0.15) is 0 Å². The third kappa shape index (κ3) is 3.76. The van der Waals surface area contributed by atoms with E-state index in [1.807, 2.05) is 36.4 Å². The van der Waals surface area contributed by atoms with Crippen molar-refractivity contribution in [2.24, 2.45) is 0 Å². The van der Waals surface area contributed by atoms with Crippen LogP contribution in [0.4, 0.5) is 5.82 Å². The molecule has 4 rings (SSSR count). The normalized spacial score (nSPS) is 13.0. The number of aromatic nitrogens is 4. The predicted octanol–water partition coefficient (Wildman–Crippen LogP) is 2.18. The second-order valence-electron chi connectivity index (χ2n) is 6.35. The Morgan fingerprint density at radius 3 is 2.81 bits per heavy atom. The second kappa shape index (κ2) is 7.49. The summed E-state index contributed by atoms with van der Waals surface area (Å²) in [5.41, 5.74) is 3.33. The highest BCUT2D eigenvalue weighted by Gasteiger charge is 2.22. The number of hydrogen-bond acceptors (Lipinski definition) is 6. The molecule has 0 unspecified atom stereocenters. The summed E-state index contributed by atoms with van der Waals surface area (Å²) in [6.07, 6.45) is 3.17. The summed E-state index contributed by atoms with van der Waals surface area (Å²) in [5, 5.41) is 6.15. The number of anilines is 1. The number of nitrogens with one attached hydrogen (secondary N) is 2. The highest BCUT2D eigenvalue weighted by molar-refractivity contribution is 5.95. The molecule has 7 nitrogen and oxygen atoms in total. The van der Waals surface area contributed by atoms with Crippen molar-refractivity contribution in [1.29, 1.82) is 0 Å². The van der Waals surface area contributed by atoms with Crippen LogP contribution >= 0.6 is 0 Å². The van der Waals surface area contributed by atoms with Gasteiger partial charge in [-0.3, -0.25) is 4.79 Å². The van der Waals surface area contributed by atoms with Crippen LogP contribution in [0, 0.1) is 6.92 Å². The van der Waals surface area contributed by atoms with E-state index in [0.29, 0.717) is 31.0 Å². The first-order valence-electron chi connectivity index (χ1n) is 8.97. The average molecular weight is 360 g/mol. The van der Waals surface area contributed by atoms with Crippen LogP contribution in [0.3, 0.4) is 0 Å². The van der Waals surface area contributed by atoms with Crippen LogP contribution in [0.2, 0.25) is 0 Å². The van der Waals surface area contributed by atoms with E-state index in [4.69, 9.17) is 0 Å². The molecule has 136 valence electrons. The smallest absolute Gasteiger partial charge is 0.270 e. The monoisotopic (exact) mass is 360 g/mol. The first-order chi connectivity index (χ1) is 13.2. The molecule has 2 N–H and O–H groups in total. The Hall–Kier alpha value is -3.35. The number of nitrogens with zero attached hydrogens (tertiary/aromatic N) is 4. The lowest BCUT2D eigenvalue weighted by molar-refractivity contribution is 0.0940. The maximum absolute atomic E-state index is 12.0. The molecule has 0 radical (unpaired) electrons. The largest absolute Gasteiger partial charge is 0.369 e. The van der Waals surface area contributed by atoms with Gasteiger partial charge in [-0.05, 0) is 19.4 Å². The SMILES string of the molecule is Cc1nc(NCCc2nccc(-c3ccccc3)n2)c2c(n1)C(=O)NCC2. The predicted molar refractivity (Wildman–Crippen MR) is 102 cm³/mol. The molecule has 0 saturated carbocycles. The van der Waals surface area contributed by atoms with Crippen molar-refractivity contribution in [2.45, 2.75) is 19.8 Å². The van der Waals surface area contributed by atoms with Gasteiger partial charge in [0, 0.05) is 36.8 Å². The van der Waals surface area contributed by atoms with Crippen LogP contribution < -0.4 is 10.6 Å². The molecule has 1 amide bonds. The fraction of sp³-hybridized carbons (Fsp3) is 0.250. The number of amides is 1. The van der Waals surface area contributed by atoms with Crippen LogP contribution in [0.5, 0.6) is 0 Å². The molecule has 0 bridgehead atoms. The summed E-state index contributed by atoms with van der Waals surface area (Å²) in [6, 6.07) is 12.0. The van der Waals surface area contributed by atoms with E-state index in [2.05, 4.69) is 30.6 Å². The highest BCUT2D eigenvalue weighted by Crippen LogP contribution is 2.20. The van der Waals surface area contributed by atoms with Crippen molar-refractivity contribution in [3.63, 3.8) is 0 Å². The van der Waals surface area contributed by atoms with Gasteiger partial charge >= 0.3 is 0 Å². The minimum atomic E-state index is -0.135. The molecular weight excluding hydrogens is 340 g/mol. The molecule has 1 aliphatic heterocycles. The van der Waals surface area contributed by atoms with Gasteiger partial charge < -0.3 is 10.6 Å². The van der Waals surface area contributed by atoms with Gasteiger partial charge in [-0.1, -0.05) is 30.3 Å². The maximum Gasteiger partial charge on any atom is 0.270 e. The van der Waals surface area contributed by atoms with Gasteiger partial charge in [0.25, 0.3) is 5.91 Å². The fourth-order valence-electron chi connectivity index (χ4n) is 3.13. The number of carbonyl (C=O) groups excluding carboxylic acids is 1. The second-order valence-corrected chi connectivity index (χ2v) is 6.35. The molecule has 0 aliphatic carbocycles.